The third-order valence-corrected chi connectivity index (χ3v) is 3.19. The number of rotatable bonds is 7. The van der Waals surface area contributed by atoms with E-state index in [-0.39, 0.29) is 0 Å². The molecule has 2 aromatic heterocycles. The lowest BCUT2D eigenvalue weighted by molar-refractivity contribution is 0.0521. The monoisotopic (exact) mass is 296 g/mol. The van der Waals surface area contributed by atoms with Gasteiger partial charge in [0.15, 0.2) is 5.69 Å². The molecule has 0 spiro atoms. The van der Waals surface area contributed by atoms with Gasteiger partial charge in [-0.1, -0.05) is 0 Å². The zero-order valence-corrected chi connectivity index (χ0v) is 12.1. The zero-order chi connectivity index (χ0) is 14.4. The Hall–Kier alpha value is -1.93. The van der Waals surface area contributed by atoms with Crippen LogP contribution in [0.4, 0.5) is 10.7 Å². The van der Waals surface area contributed by atoms with Crippen molar-refractivity contribution < 1.29 is 14.3 Å². The Morgan fingerprint density at radius 1 is 1.55 bits per heavy atom. The van der Waals surface area contributed by atoms with Gasteiger partial charge in [-0.15, -0.1) is 11.3 Å². The van der Waals surface area contributed by atoms with Crippen molar-refractivity contribution in [2.45, 2.75) is 13.5 Å². The number of esters is 1. The number of hydrogen-bond acceptors (Lipinski definition) is 7. The molecule has 0 bridgehead atoms. The second-order valence-electron chi connectivity index (χ2n) is 3.86. The number of nitrogens with one attached hydrogen (secondary N) is 1. The van der Waals surface area contributed by atoms with Crippen LogP contribution >= 0.6 is 11.3 Å². The standard InChI is InChI=1S/C12H16N4O3S/c1-3-19-12(17)10-11(20-8-13-10)15-9-6-14-16(7-9)4-5-18-2/h6-8,15H,3-5H2,1-2H3. The zero-order valence-electron chi connectivity index (χ0n) is 11.3. The molecule has 0 amide bonds. The quantitative estimate of drug-likeness (QED) is 0.786. The number of carbonyl (C=O) groups excluding carboxylic acids is 1. The molecule has 0 saturated carbocycles. The third kappa shape index (κ3) is 3.55. The van der Waals surface area contributed by atoms with Gasteiger partial charge in [-0.05, 0) is 6.92 Å². The summed E-state index contributed by atoms with van der Waals surface area (Å²) in [6, 6.07) is 0. The molecule has 0 aliphatic heterocycles. The summed E-state index contributed by atoms with van der Waals surface area (Å²) in [7, 11) is 1.64. The van der Waals surface area contributed by atoms with Crippen LogP contribution in [-0.2, 0) is 16.0 Å². The van der Waals surface area contributed by atoms with Crippen molar-refractivity contribution in [3.8, 4) is 0 Å². The molecule has 0 saturated heterocycles. The highest BCUT2D eigenvalue weighted by Gasteiger charge is 2.16. The summed E-state index contributed by atoms with van der Waals surface area (Å²) in [5.41, 5.74) is 2.68. The van der Waals surface area contributed by atoms with Gasteiger partial charge in [0.05, 0.1) is 37.2 Å². The van der Waals surface area contributed by atoms with Gasteiger partial charge in [0, 0.05) is 13.3 Å². The molecule has 2 aromatic rings. The van der Waals surface area contributed by atoms with Gasteiger partial charge in [-0.2, -0.15) is 5.10 Å². The topological polar surface area (TPSA) is 78.3 Å². The fourth-order valence-corrected chi connectivity index (χ4v) is 2.23. The molecule has 108 valence electrons. The smallest absolute Gasteiger partial charge is 0.360 e. The number of carbonyl (C=O) groups is 1. The maximum absolute atomic E-state index is 11.7. The van der Waals surface area contributed by atoms with Crippen LogP contribution in [0, 0.1) is 0 Å². The first-order valence-corrected chi connectivity index (χ1v) is 7.01. The molecule has 0 radical (unpaired) electrons. The van der Waals surface area contributed by atoms with Crippen LogP contribution in [0.1, 0.15) is 17.4 Å². The molecule has 0 aliphatic carbocycles. The molecule has 0 fully saturated rings. The second kappa shape index (κ2) is 7.01. The number of nitrogens with zero attached hydrogens (tertiary/aromatic N) is 3. The van der Waals surface area contributed by atoms with Crippen LogP contribution in [0.5, 0.6) is 0 Å². The molecule has 0 unspecified atom stereocenters. The molecule has 0 aliphatic rings. The van der Waals surface area contributed by atoms with Gasteiger partial charge < -0.3 is 14.8 Å². The highest BCUT2D eigenvalue weighted by molar-refractivity contribution is 7.14. The lowest BCUT2D eigenvalue weighted by Crippen LogP contribution is -2.07. The van der Waals surface area contributed by atoms with Crippen molar-refractivity contribution in [1.29, 1.82) is 0 Å². The van der Waals surface area contributed by atoms with E-state index in [0.717, 1.165) is 5.69 Å². The van der Waals surface area contributed by atoms with Gasteiger partial charge in [0.25, 0.3) is 0 Å². The average Bonchev–Trinajstić information content (AvgIpc) is 3.06. The normalized spacial score (nSPS) is 10.5. The maximum Gasteiger partial charge on any atom is 0.360 e. The Morgan fingerprint density at radius 3 is 3.15 bits per heavy atom. The van der Waals surface area contributed by atoms with Crippen LogP contribution < -0.4 is 5.32 Å². The molecule has 8 heteroatoms. The van der Waals surface area contributed by atoms with Crippen molar-refractivity contribution in [2.24, 2.45) is 0 Å². The minimum absolute atomic E-state index is 0.293. The highest BCUT2D eigenvalue weighted by Crippen LogP contribution is 2.25. The van der Waals surface area contributed by atoms with Crippen molar-refractivity contribution in [1.82, 2.24) is 14.8 Å². The van der Waals surface area contributed by atoms with Crippen molar-refractivity contribution in [3.05, 3.63) is 23.6 Å². The van der Waals surface area contributed by atoms with Gasteiger partial charge in [0.1, 0.15) is 5.00 Å². The lowest BCUT2D eigenvalue weighted by atomic mass is 10.4. The van der Waals surface area contributed by atoms with Gasteiger partial charge in [-0.3, -0.25) is 4.68 Å². The van der Waals surface area contributed by atoms with Crippen LogP contribution in [0.3, 0.4) is 0 Å². The molecule has 20 heavy (non-hydrogen) atoms. The molecule has 0 aromatic carbocycles. The summed E-state index contributed by atoms with van der Waals surface area (Å²) in [5, 5.41) is 7.95. The number of hydrogen-bond donors (Lipinski definition) is 1. The van der Waals surface area contributed by atoms with Gasteiger partial charge in [0.2, 0.25) is 0 Å². The van der Waals surface area contributed by atoms with E-state index >= 15 is 0 Å². The SMILES string of the molecule is CCOC(=O)c1ncsc1Nc1cnn(CCOC)c1. The Morgan fingerprint density at radius 2 is 2.40 bits per heavy atom. The van der Waals surface area contributed by atoms with Crippen LogP contribution in [0.2, 0.25) is 0 Å². The summed E-state index contributed by atoms with van der Waals surface area (Å²) in [6.07, 6.45) is 3.53. The van der Waals surface area contributed by atoms with E-state index in [0.29, 0.717) is 30.5 Å². The summed E-state index contributed by atoms with van der Waals surface area (Å²) >= 11 is 1.34. The van der Waals surface area contributed by atoms with Crippen molar-refractivity contribution in [2.75, 3.05) is 25.6 Å². The number of ether oxygens (including phenoxy) is 2. The maximum atomic E-state index is 11.7. The average molecular weight is 296 g/mol. The van der Waals surface area contributed by atoms with E-state index < -0.39 is 5.97 Å². The minimum atomic E-state index is -0.428. The Bertz CT molecular complexity index is 567. The Balaban J connectivity index is 2.05. The van der Waals surface area contributed by atoms with Gasteiger partial charge in [-0.25, -0.2) is 9.78 Å². The molecular formula is C12H16N4O3S. The molecule has 2 rings (SSSR count). The lowest BCUT2D eigenvalue weighted by Gasteiger charge is -2.03. The molecule has 7 nitrogen and oxygen atoms in total. The molecule has 2 heterocycles. The Kier molecular flexibility index (Phi) is 5.08. The first kappa shape index (κ1) is 14.5. The first-order valence-electron chi connectivity index (χ1n) is 6.13. The number of aromatic nitrogens is 3. The van der Waals surface area contributed by atoms with Gasteiger partial charge >= 0.3 is 5.97 Å². The van der Waals surface area contributed by atoms with E-state index in [9.17, 15) is 4.79 Å². The molecule has 0 atom stereocenters. The number of thiazole rings is 1. The summed E-state index contributed by atoms with van der Waals surface area (Å²) in [5.74, 6) is -0.428. The summed E-state index contributed by atoms with van der Waals surface area (Å²) in [4.78, 5) is 15.7. The predicted molar refractivity (Wildman–Crippen MR) is 75.5 cm³/mol. The largest absolute Gasteiger partial charge is 0.461 e. The Labute approximate surface area is 120 Å². The van der Waals surface area contributed by atoms with E-state index in [1.54, 1.807) is 30.4 Å². The third-order valence-electron chi connectivity index (χ3n) is 2.45. The van der Waals surface area contributed by atoms with E-state index in [1.165, 1.54) is 11.3 Å². The first-order chi connectivity index (χ1) is 9.74. The van der Waals surface area contributed by atoms with Crippen LogP contribution in [0.15, 0.2) is 17.9 Å². The van der Waals surface area contributed by atoms with E-state index in [2.05, 4.69) is 15.4 Å². The van der Waals surface area contributed by atoms with E-state index in [1.807, 2.05) is 6.20 Å². The summed E-state index contributed by atoms with van der Waals surface area (Å²) in [6.45, 7) is 3.35. The minimum Gasteiger partial charge on any atom is -0.461 e. The van der Waals surface area contributed by atoms with Crippen LogP contribution in [-0.4, -0.2) is 41.1 Å². The van der Waals surface area contributed by atoms with Crippen molar-refractivity contribution in [3.63, 3.8) is 0 Å². The summed E-state index contributed by atoms with van der Waals surface area (Å²) < 4.78 is 11.7. The highest BCUT2D eigenvalue weighted by atomic mass is 32.1. The predicted octanol–water partition coefficient (Wildman–Crippen LogP) is 1.91. The fourth-order valence-electron chi connectivity index (χ4n) is 1.55. The van der Waals surface area contributed by atoms with Crippen LogP contribution in [0.25, 0.3) is 0 Å². The number of anilines is 2. The molecule has 1 N–H and O–H groups in total. The van der Waals surface area contributed by atoms with Crippen molar-refractivity contribution >= 4 is 28.0 Å². The second-order valence-corrected chi connectivity index (χ2v) is 4.72. The fraction of sp³-hybridized carbons (Fsp3) is 0.417. The number of methoxy groups -OCH3 is 1. The van der Waals surface area contributed by atoms with E-state index in [4.69, 9.17) is 9.47 Å². The molecular weight excluding hydrogens is 280 g/mol.